The number of hydrogen-bond donors (Lipinski definition) is 0. The van der Waals surface area contributed by atoms with Crippen molar-refractivity contribution in [1.29, 1.82) is 0 Å². The van der Waals surface area contributed by atoms with E-state index in [4.69, 9.17) is 0 Å². The van der Waals surface area contributed by atoms with Crippen LogP contribution in [0.1, 0.15) is 23.6 Å². The summed E-state index contributed by atoms with van der Waals surface area (Å²) in [7, 11) is 0. The first-order valence-corrected chi connectivity index (χ1v) is 8.77. The fourth-order valence-electron chi connectivity index (χ4n) is 2.36. The van der Waals surface area contributed by atoms with E-state index in [0.717, 1.165) is 24.3 Å². The lowest BCUT2D eigenvalue weighted by Gasteiger charge is -2.02. The minimum Gasteiger partial charge on any atom is -0.246 e. The van der Waals surface area contributed by atoms with Gasteiger partial charge in [0.1, 0.15) is 11.4 Å². The molecular weight excluding hydrogens is 376 g/mol. The summed E-state index contributed by atoms with van der Waals surface area (Å²) >= 11 is 1.26. The summed E-state index contributed by atoms with van der Waals surface area (Å²) in [5, 5.41) is 0. The smallest absolute Gasteiger partial charge is 0.151 e. The average molecular weight is 390 g/mol. The Kier molecular flexibility index (Phi) is 5.51. The molecule has 7 heteroatoms. The van der Waals surface area contributed by atoms with E-state index in [2.05, 4.69) is 9.98 Å². The van der Waals surface area contributed by atoms with Crippen molar-refractivity contribution >= 4 is 34.1 Å². The predicted molar refractivity (Wildman–Crippen MR) is 101 cm³/mol. The standard InChI is InChI=1S/C20H14F4N2S/c1-11(25-19-13(21)5-3-6-14(19)22)17-9-10-18(27-17)12(2)26-20-15(23)7-4-8-16(20)24/h3-10H,1-2H3. The molecule has 0 spiro atoms. The zero-order valence-electron chi connectivity index (χ0n) is 14.4. The normalized spacial score (nSPS) is 12.5. The molecule has 27 heavy (non-hydrogen) atoms. The molecular formula is C20H14F4N2S. The topological polar surface area (TPSA) is 24.7 Å². The zero-order valence-corrected chi connectivity index (χ0v) is 15.2. The van der Waals surface area contributed by atoms with Gasteiger partial charge >= 0.3 is 0 Å². The predicted octanol–water partition coefficient (Wildman–Crippen LogP) is 6.59. The van der Waals surface area contributed by atoms with Crippen LogP contribution in [0.3, 0.4) is 0 Å². The number of aliphatic imine (C=N–C) groups is 2. The molecule has 0 atom stereocenters. The molecule has 1 aromatic heterocycles. The lowest BCUT2D eigenvalue weighted by atomic mass is 10.2. The van der Waals surface area contributed by atoms with Crippen LogP contribution < -0.4 is 0 Å². The fourth-order valence-corrected chi connectivity index (χ4v) is 3.26. The minimum atomic E-state index is -0.751. The Morgan fingerprint density at radius 2 is 0.963 bits per heavy atom. The molecule has 0 N–H and O–H groups in total. The molecule has 3 rings (SSSR count). The van der Waals surface area contributed by atoms with Gasteiger partial charge in [0, 0.05) is 9.75 Å². The minimum absolute atomic E-state index is 0.358. The quantitative estimate of drug-likeness (QED) is 0.355. The molecule has 2 aromatic carbocycles. The van der Waals surface area contributed by atoms with Gasteiger partial charge in [0.05, 0.1) is 11.4 Å². The summed E-state index contributed by atoms with van der Waals surface area (Å²) in [6.07, 6.45) is 0. The number of rotatable bonds is 4. The van der Waals surface area contributed by atoms with Crippen LogP contribution >= 0.6 is 11.3 Å². The fraction of sp³-hybridized carbons (Fsp3) is 0.100. The Labute approximate surface area is 157 Å². The van der Waals surface area contributed by atoms with Gasteiger partial charge in [-0.3, -0.25) is 0 Å². The van der Waals surface area contributed by atoms with E-state index >= 15 is 0 Å². The van der Waals surface area contributed by atoms with Gasteiger partial charge in [-0.2, -0.15) is 0 Å². The Balaban J connectivity index is 1.92. The molecule has 0 aliphatic heterocycles. The molecule has 0 fully saturated rings. The Hall–Kier alpha value is -2.80. The maximum Gasteiger partial charge on any atom is 0.151 e. The van der Waals surface area contributed by atoms with Crippen molar-refractivity contribution in [3.63, 3.8) is 0 Å². The van der Waals surface area contributed by atoms with Gasteiger partial charge < -0.3 is 0 Å². The average Bonchev–Trinajstić information content (AvgIpc) is 3.12. The van der Waals surface area contributed by atoms with Crippen molar-refractivity contribution in [1.82, 2.24) is 0 Å². The molecule has 138 valence electrons. The first kappa shape index (κ1) is 19.0. The van der Waals surface area contributed by atoms with Gasteiger partial charge in [0.2, 0.25) is 0 Å². The van der Waals surface area contributed by atoms with E-state index in [-0.39, 0.29) is 11.4 Å². The van der Waals surface area contributed by atoms with Crippen LogP contribution in [0.25, 0.3) is 0 Å². The molecule has 0 bridgehead atoms. The number of hydrogen-bond acceptors (Lipinski definition) is 3. The molecule has 0 radical (unpaired) electrons. The van der Waals surface area contributed by atoms with Gasteiger partial charge in [-0.1, -0.05) is 12.1 Å². The maximum atomic E-state index is 13.7. The number of para-hydroxylation sites is 2. The van der Waals surface area contributed by atoms with Gasteiger partial charge in [-0.15, -0.1) is 11.3 Å². The second-order valence-corrected chi connectivity index (χ2v) is 6.78. The molecule has 0 saturated heterocycles. The van der Waals surface area contributed by atoms with Crippen LogP contribution in [0.2, 0.25) is 0 Å². The molecule has 0 amide bonds. The summed E-state index contributed by atoms with van der Waals surface area (Å²) in [4.78, 5) is 9.39. The third kappa shape index (κ3) is 4.14. The monoisotopic (exact) mass is 390 g/mol. The second kappa shape index (κ2) is 7.84. The number of thiophene rings is 1. The third-order valence-corrected chi connectivity index (χ3v) is 5.06. The van der Waals surface area contributed by atoms with E-state index in [1.807, 2.05) is 0 Å². The first-order valence-electron chi connectivity index (χ1n) is 7.96. The van der Waals surface area contributed by atoms with Crippen LogP contribution in [0.5, 0.6) is 0 Å². The molecule has 0 aliphatic carbocycles. The van der Waals surface area contributed by atoms with E-state index in [9.17, 15) is 17.6 Å². The third-order valence-electron chi connectivity index (χ3n) is 3.75. The van der Waals surface area contributed by atoms with Crippen molar-refractivity contribution in [3.8, 4) is 0 Å². The number of benzene rings is 2. The Morgan fingerprint density at radius 3 is 1.30 bits per heavy atom. The van der Waals surface area contributed by atoms with Crippen molar-refractivity contribution < 1.29 is 17.6 Å². The number of halogens is 4. The highest BCUT2D eigenvalue weighted by atomic mass is 32.1. The highest BCUT2D eigenvalue weighted by molar-refractivity contribution is 7.16. The highest BCUT2D eigenvalue weighted by Crippen LogP contribution is 2.27. The summed E-state index contributed by atoms with van der Waals surface area (Å²) in [6, 6.07) is 10.5. The molecule has 0 unspecified atom stereocenters. The van der Waals surface area contributed by atoms with Gasteiger partial charge in [-0.05, 0) is 50.2 Å². The van der Waals surface area contributed by atoms with E-state index < -0.39 is 23.3 Å². The van der Waals surface area contributed by atoms with Crippen LogP contribution in [0, 0.1) is 23.3 Å². The summed E-state index contributed by atoms with van der Waals surface area (Å²) in [5.41, 5.74) is 0.118. The van der Waals surface area contributed by atoms with E-state index in [1.165, 1.54) is 23.5 Å². The van der Waals surface area contributed by atoms with Crippen molar-refractivity contribution in [2.75, 3.05) is 0 Å². The number of nitrogens with zero attached hydrogens (tertiary/aromatic N) is 2. The molecule has 0 aliphatic rings. The van der Waals surface area contributed by atoms with Crippen LogP contribution in [0.15, 0.2) is 58.5 Å². The van der Waals surface area contributed by atoms with Gasteiger partial charge in [0.25, 0.3) is 0 Å². The Morgan fingerprint density at radius 1 is 0.630 bits per heavy atom. The lowest BCUT2D eigenvalue weighted by Crippen LogP contribution is -1.93. The summed E-state index contributed by atoms with van der Waals surface area (Å²) in [6.45, 7) is 3.26. The second-order valence-electron chi connectivity index (χ2n) is 5.70. The van der Waals surface area contributed by atoms with E-state index in [1.54, 1.807) is 26.0 Å². The molecule has 3 aromatic rings. The van der Waals surface area contributed by atoms with Gasteiger partial charge in [-0.25, -0.2) is 27.5 Å². The molecule has 1 heterocycles. The Bertz CT molecular complexity index is 931. The summed E-state index contributed by atoms with van der Waals surface area (Å²) in [5.74, 6) is -3.00. The zero-order chi connectivity index (χ0) is 19.6. The highest BCUT2D eigenvalue weighted by Gasteiger charge is 2.12. The van der Waals surface area contributed by atoms with Crippen molar-refractivity contribution in [2.45, 2.75) is 13.8 Å². The van der Waals surface area contributed by atoms with Gasteiger partial charge in [0.15, 0.2) is 23.3 Å². The van der Waals surface area contributed by atoms with Crippen LogP contribution in [-0.2, 0) is 0 Å². The largest absolute Gasteiger partial charge is 0.246 e. The van der Waals surface area contributed by atoms with Crippen molar-refractivity contribution in [2.24, 2.45) is 9.98 Å². The maximum absolute atomic E-state index is 13.7. The van der Waals surface area contributed by atoms with Crippen LogP contribution in [-0.4, -0.2) is 11.4 Å². The summed E-state index contributed by atoms with van der Waals surface area (Å²) < 4.78 is 55.0. The molecule has 2 nitrogen and oxygen atoms in total. The van der Waals surface area contributed by atoms with E-state index in [0.29, 0.717) is 21.2 Å². The van der Waals surface area contributed by atoms with Crippen molar-refractivity contribution in [3.05, 3.63) is 81.6 Å². The van der Waals surface area contributed by atoms with Crippen LogP contribution in [0.4, 0.5) is 28.9 Å². The first-order chi connectivity index (χ1) is 12.9. The lowest BCUT2D eigenvalue weighted by molar-refractivity contribution is 0.587. The molecule has 0 saturated carbocycles. The SMILES string of the molecule is CC(=Nc1c(F)cccc1F)c1ccc(C(C)=Nc2c(F)cccc2F)s1.